The topological polar surface area (TPSA) is 38.2 Å². The standard InChI is InChI=1S/C17H17N3OS/c1-3-13-5-2-6-18-16(13)14(4-1)11-20-8-9-21-15(12-20)17-19-7-10-22-17/h1-7,10,15H,8-9,11-12H2/t15-/m0/s1. The zero-order valence-electron chi connectivity index (χ0n) is 12.2. The predicted molar refractivity (Wildman–Crippen MR) is 87.8 cm³/mol. The second-order valence-electron chi connectivity index (χ2n) is 5.46. The number of rotatable bonds is 3. The van der Waals surface area contributed by atoms with E-state index < -0.39 is 0 Å². The van der Waals surface area contributed by atoms with Gasteiger partial charge in [-0.15, -0.1) is 11.3 Å². The zero-order chi connectivity index (χ0) is 14.8. The Hall–Kier alpha value is -1.82. The molecule has 0 amide bonds. The van der Waals surface area contributed by atoms with Crippen LogP contribution in [0, 0.1) is 0 Å². The molecule has 4 rings (SSSR count). The molecule has 0 spiro atoms. The average Bonchev–Trinajstić information content (AvgIpc) is 3.10. The molecule has 0 bridgehead atoms. The summed E-state index contributed by atoms with van der Waals surface area (Å²) in [5, 5.41) is 4.28. The highest BCUT2D eigenvalue weighted by Gasteiger charge is 2.24. The number of pyridine rings is 1. The third-order valence-electron chi connectivity index (χ3n) is 3.99. The third kappa shape index (κ3) is 2.75. The quantitative estimate of drug-likeness (QED) is 0.744. The summed E-state index contributed by atoms with van der Waals surface area (Å²) in [4.78, 5) is 11.4. The summed E-state index contributed by atoms with van der Waals surface area (Å²) in [5.41, 5.74) is 2.38. The van der Waals surface area contributed by atoms with Crippen molar-refractivity contribution in [2.45, 2.75) is 12.6 Å². The Labute approximate surface area is 133 Å². The van der Waals surface area contributed by atoms with Crippen molar-refractivity contribution in [1.29, 1.82) is 0 Å². The molecule has 1 aliphatic heterocycles. The maximum absolute atomic E-state index is 5.87. The number of thiazole rings is 1. The van der Waals surface area contributed by atoms with Crippen molar-refractivity contribution in [2.75, 3.05) is 19.7 Å². The minimum atomic E-state index is 0.0942. The van der Waals surface area contributed by atoms with Gasteiger partial charge in [0.25, 0.3) is 0 Å². The van der Waals surface area contributed by atoms with Crippen molar-refractivity contribution >= 4 is 22.2 Å². The Balaban J connectivity index is 1.55. The minimum Gasteiger partial charge on any atom is -0.368 e. The Morgan fingerprint density at radius 2 is 2.14 bits per heavy atom. The van der Waals surface area contributed by atoms with Gasteiger partial charge in [-0.2, -0.15) is 0 Å². The highest BCUT2D eigenvalue weighted by Crippen LogP contribution is 2.26. The molecule has 22 heavy (non-hydrogen) atoms. The van der Waals surface area contributed by atoms with E-state index in [9.17, 15) is 0 Å². The molecule has 112 valence electrons. The van der Waals surface area contributed by atoms with Crippen molar-refractivity contribution in [3.8, 4) is 0 Å². The fourth-order valence-corrected chi connectivity index (χ4v) is 3.60. The summed E-state index contributed by atoms with van der Waals surface area (Å²) in [6.45, 7) is 3.49. The summed E-state index contributed by atoms with van der Waals surface area (Å²) in [7, 11) is 0. The van der Waals surface area contributed by atoms with Crippen LogP contribution in [0.1, 0.15) is 16.7 Å². The van der Waals surface area contributed by atoms with Crippen LogP contribution in [0.5, 0.6) is 0 Å². The van der Waals surface area contributed by atoms with Crippen LogP contribution < -0.4 is 0 Å². The number of fused-ring (bicyclic) bond motifs is 1. The molecule has 1 fully saturated rings. The third-order valence-corrected chi connectivity index (χ3v) is 4.86. The van der Waals surface area contributed by atoms with E-state index in [2.05, 4.69) is 39.1 Å². The van der Waals surface area contributed by atoms with Gasteiger partial charge in [-0.25, -0.2) is 4.98 Å². The Morgan fingerprint density at radius 3 is 3.05 bits per heavy atom. The van der Waals surface area contributed by atoms with Gasteiger partial charge >= 0.3 is 0 Å². The molecular formula is C17H17N3OS. The van der Waals surface area contributed by atoms with Gasteiger partial charge in [-0.3, -0.25) is 9.88 Å². The van der Waals surface area contributed by atoms with E-state index in [0.717, 1.165) is 36.8 Å². The molecule has 0 radical (unpaired) electrons. The lowest BCUT2D eigenvalue weighted by Gasteiger charge is -2.32. The molecule has 1 saturated heterocycles. The molecule has 0 aliphatic carbocycles. The summed E-state index contributed by atoms with van der Waals surface area (Å²) >= 11 is 1.67. The molecule has 3 aromatic rings. The predicted octanol–water partition coefficient (Wildman–Crippen LogP) is 3.26. The van der Waals surface area contributed by atoms with Crippen LogP contribution in [-0.4, -0.2) is 34.6 Å². The van der Waals surface area contributed by atoms with Crippen molar-refractivity contribution in [2.24, 2.45) is 0 Å². The molecule has 1 atom stereocenters. The summed E-state index contributed by atoms with van der Waals surface area (Å²) < 4.78 is 5.87. The number of hydrogen-bond acceptors (Lipinski definition) is 5. The van der Waals surface area contributed by atoms with Crippen molar-refractivity contribution in [3.63, 3.8) is 0 Å². The minimum absolute atomic E-state index is 0.0942. The van der Waals surface area contributed by atoms with Crippen LogP contribution in [-0.2, 0) is 11.3 Å². The SMILES string of the molecule is c1cnc2c(CN3CCO[C@H](c4nccs4)C3)cccc2c1. The Morgan fingerprint density at radius 1 is 1.18 bits per heavy atom. The number of hydrogen-bond donors (Lipinski definition) is 0. The van der Waals surface area contributed by atoms with Gasteiger partial charge in [-0.1, -0.05) is 24.3 Å². The molecule has 0 saturated carbocycles. The molecule has 2 aromatic heterocycles. The van der Waals surface area contributed by atoms with Crippen LogP contribution >= 0.6 is 11.3 Å². The summed E-state index contributed by atoms with van der Waals surface area (Å²) in [5.74, 6) is 0. The highest BCUT2D eigenvalue weighted by molar-refractivity contribution is 7.09. The second-order valence-corrected chi connectivity index (χ2v) is 6.38. The summed E-state index contributed by atoms with van der Waals surface area (Å²) in [6, 6.07) is 10.5. The van der Waals surface area contributed by atoms with Gasteiger partial charge in [-0.05, 0) is 11.6 Å². The van der Waals surface area contributed by atoms with Crippen molar-refractivity contribution in [3.05, 3.63) is 58.7 Å². The molecule has 3 heterocycles. The van der Waals surface area contributed by atoms with Crippen LogP contribution in [0.25, 0.3) is 10.9 Å². The monoisotopic (exact) mass is 311 g/mol. The van der Waals surface area contributed by atoms with Gasteiger partial charge < -0.3 is 4.74 Å². The lowest BCUT2D eigenvalue weighted by Crippen LogP contribution is -2.37. The molecular weight excluding hydrogens is 294 g/mol. The maximum Gasteiger partial charge on any atom is 0.123 e. The van der Waals surface area contributed by atoms with E-state index in [1.807, 2.05) is 23.8 Å². The van der Waals surface area contributed by atoms with Gasteiger partial charge in [0, 0.05) is 42.8 Å². The summed E-state index contributed by atoms with van der Waals surface area (Å²) in [6.07, 6.45) is 3.80. The van der Waals surface area contributed by atoms with Crippen LogP contribution in [0.15, 0.2) is 48.1 Å². The first-order valence-electron chi connectivity index (χ1n) is 7.46. The number of aromatic nitrogens is 2. The lowest BCUT2D eigenvalue weighted by atomic mass is 10.1. The first kappa shape index (κ1) is 13.8. The maximum atomic E-state index is 5.87. The first-order valence-corrected chi connectivity index (χ1v) is 8.34. The first-order chi connectivity index (χ1) is 10.9. The highest BCUT2D eigenvalue weighted by atomic mass is 32.1. The normalized spacial score (nSPS) is 19.5. The molecule has 1 aliphatic rings. The number of morpholine rings is 1. The molecule has 4 nitrogen and oxygen atoms in total. The molecule has 0 N–H and O–H groups in total. The van der Waals surface area contributed by atoms with E-state index in [-0.39, 0.29) is 6.10 Å². The van der Waals surface area contributed by atoms with Gasteiger partial charge in [0.15, 0.2) is 0 Å². The fourth-order valence-electron chi connectivity index (χ4n) is 2.92. The van der Waals surface area contributed by atoms with E-state index in [4.69, 9.17) is 4.74 Å². The van der Waals surface area contributed by atoms with E-state index >= 15 is 0 Å². The molecule has 0 unspecified atom stereocenters. The van der Waals surface area contributed by atoms with Crippen LogP contribution in [0.4, 0.5) is 0 Å². The second kappa shape index (κ2) is 6.12. The number of benzene rings is 1. The van der Waals surface area contributed by atoms with Crippen LogP contribution in [0.2, 0.25) is 0 Å². The number of para-hydroxylation sites is 1. The largest absolute Gasteiger partial charge is 0.368 e. The molecule has 1 aromatic carbocycles. The lowest BCUT2D eigenvalue weighted by molar-refractivity contribution is -0.0328. The van der Waals surface area contributed by atoms with E-state index in [0.29, 0.717) is 0 Å². The van der Waals surface area contributed by atoms with Gasteiger partial charge in [0.2, 0.25) is 0 Å². The van der Waals surface area contributed by atoms with Gasteiger partial charge in [0.1, 0.15) is 11.1 Å². The van der Waals surface area contributed by atoms with E-state index in [1.165, 1.54) is 10.9 Å². The van der Waals surface area contributed by atoms with Gasteiger partial charge in [0.05, 0.1) is 12.1 Å². The van der Waals surface area contributed by atoms with Crippen LogP contribution in [0.3, 0.4) is 0 Å². The zero-order valence-corrected chi connectivity index (χ0v) is 13.0. The van der Waals surface area contributed by atoms with Crippen molar-refractivity contribution in [1.82, 2.24) is 14.9 Å². The molecule has 5 heteroatoms. The fraction of sp³-hybridized carbons (Fsp3) is 0.294. The Bertz CT molecular complexity index is 754. The Kier molecular flexibility index (Phi) is 3.84. The number of ether oxygens (including phenoxy) is 1. The van der Waals surface area contributed by atoms with E-state index in [1.54, 1.807) is 11.3 Å². The smallest absolute Gasteiger partial charge is 0.123 e. The van der Waals surface area contributed by atoms with Crippen molar-refractivity contribution < 1.29 is 4.74 Å². The average molecular weight is 311 g/mol. The number of nitrogens with zero attached hydrogens (tertiary/aromatic N) is 3.